The van der Waals surface area contributed by atoms with Crippen LogP contribution in [0.4, 0.5) is 0 Å². The Kier molecular flexibility index (Phi) is 17.9. The minimum Gasteiger partial charge on any atom is -0.477 e. The maximum absolute atomic E-state index is 12.7. The van der Waals surface area contributed by atoms with Crippen LogP contribution in [0.2, 0.25) is 0 Å². The Labute approximate surface area is 410 Å². The lowest BCUT2D eigenvalue weighted by Gasteiger charge is -2.58. The molecule has 6 fully saturated rings. The Morgan fingerprint density at radius 2 is 1.53 bits per heavy atom. The van der Waals surface area contributed by atoms with Crippen molar-refractivity contribution in [3.8, 4) is 0 Å². The Bertz CT molecular complexity index is 1810. The summed E-state index contributed by atoms with van der Waals surface area (Å²) in [7, 11) is 0. The number of aliphatic hydroxyl groups excluding tert-OH is 10. The van der Waals surface area contributed by atoms with Crippen LogP contribution in [0, 0.1) is 46.3 Å². The molecule has 20 nitrogen and oxygen atoms in total. The summed E-state index contributed by atoms with van der Waals surface area (Å²) in [6.07, 6.45) is -11.6. The van der Waals surface area contributed by atoms with Crippen molar-refractivity contribution in [2.24, 2.45) is 46.3 Å². The molecule has 0 aromatic heterocycles. The molecule has 1 amide bonds. The summed E-state index contributed by atoms with van der Waals surface area (Å²) >= 11 is 0. The normalized spacial score (nSPS) is 46.5. The standard InChI is InChI=1S/C50H83NO19/c1-23(2)8-7-9-24(3)29-12-13-30-28-11-10-26-18-27(14-16-48(26,5)31(28)15-17-49(29,30)6)66-45-42(62)40(60)43(34(21-53)67-45)69-46-41(61)39(59)38(58)35(68-46)22-65-50(47(63)64)19-32(55)36(51-25(4)54)44(70-50)37(57)33(56)20-52/h10,23-24,27-46,52-53,55-62H,7-9,11-22H2,1-6H3,(H,51,54)(H,63,64)/t24-,27+,28+,29-,30+,31+,32+,33?,34-,35-,36-,37+,38+,39+,40-,41-,42-,43-,44-,45-,46+,48+,49-,50-/m1/s1. The molecule has 70 heavy (non-hydrogen) atoms. The lowest BCUT2D eigenvalue weighted by molar-refractivity contribution is -0.370. The molecule has 4 aliphatic carbocycles. The molecular formula is C50H83NO19. The fourth-order valence-electron chi connectivity index (χ4n) is 14.1. The first-order chi connectivity index (χ1) is 33.0. The molecule has 0 aromatic carbocycles. The van der Waals surface area contributed by atoms with E-state index in [9.17, 15) is 65.8 Å². The predicted molar refractivity (Wildman–Crippen MR) is 246 cm³/mol. The van der Waals surface area contributed by atoms with Gasteiger partial charge in [-0.3, -0.25) is 4.79 Å². The lowest BCUT2D eigenvalue weighted by Crippen LogP contribution is -2.68. The van der Waals surface area contributed by atoms with Crippen LogP contribution in [0.15, 0.2) is 11.6 Å². The number of aliphatic carboxylic acids is 1. The molecule has 7 aliphatic rings. The van der Waals surface area contributed by atoms with Crippen LogP contribution in [0.5, 0.6) is 0 Å². The van der Waals surface area contributed by atoms with Gasteiger partial charge in [-0.2, -0.15) is 0 Å². The quantitative estimate of drug-likeness (QED) is 0.0817. The summed E-state index contributed by atoms with van der Waals surface area (Å²) in [5, 5.41) is 120. The molecule has 3 saturated carbocycles. The van der Waals surface area contributed by atoms with Gasteiger partial charge in [0.15, 0.2) is 12.6 Å². The minimum absolute atomic E-state index is 0.0234. The summed E-state index contributed by atoms with van der Waals surface area (Å²) < 4.78 is 35.3. The van der Waals surface area contributed by atoms with E-state index in [1.807, 2.05) is 0 Å². The highest BCUT2D eigenvalue weighted by atomic mass is 16.8. The first-order valence-electron chi connectivity index (χ1n) is 25.8. The van der Waals surface area contributed by atoms with Gasteiger partial charge < -0.3 is 89.9 Å². The Balaban J connectivity index is 0.972. The van der Waals surface area contributed by atoms with Gasteiger partial charge in [-0.15, -0.1) is 0 Å². The number of hydrogen-bond acceptors (Lipinski definition) is 18. The summed E-state index contributed by atoms with van der Waals surface area (Å²) in [6.45, 7) is 10.5. The smallest absolute Gasteiger partial charge is 0.364 e. The number of carbonyl (C=O) groups excluding carboxylic acids is 1. The Morgan fingerprint density at radius 3 is 2.19 bits per heavy atom. The maximum Gasteiger partial charge on any atom is 0.364 e. The van der Waals surface area contributed by atoms with E-state index in [1.165, 1.54) is 50.5 Å². The zero-order valence-electron chi connectivity index (χ0n) is 41.6. The van der Waals surface area contributed by atoms with Crippen LogP contribution in [-0.2, 0) is 38.0 Å². The van der Waals surface area contributed by atoms with Crippen molar-refractivity contribution in [1.29, 1.82) is 0 Å². The zero-order chi connectivity index (χ0) is 51.2. The number of hydrogen-bond donors (Lipinski definition) is 12. The van der Waals surface area contributed by atoms with Crippen LogP contribution in [0.3, 0.4) is 0 Å². The van der Waals surface area contributed by atoms with Crippen LogP contribution in [0.1, 0.15) is 119 Å². The van der Waals surface area contributed by atoms with Crippen LogP contribution < -0.4 is 5.32 Å². The largest absolute Gasteiger partial charge is 0.477 e. The van der Waals surface area contributed by atoms with Gasteiger partial charge in [0, 0.05) is 13.3 Å². The molecule has 0 radical (unpaired) electrons. The highest BCUT2D eigenvalue weighted by Crippen LogP contribution is 2.67. The number of rotatable bonds is 18. The maximum atomic E-state index is 12.7. The number of allylic oxidation sites excluding steroid dienone is 1. The van der Waals surface area contributed by atoms with E-state index in [0.29, 0.717) is 36.0 Å². The predicted octanol–water partition coefficient (Wildman–Crippen LogP) is 0.211. The van der Waals surface area contributed by atoms with E-state index < -0.39 is 136 Å². The van der Waals surface area contributed by atoms with Gasteiger partial charge in [0.25, 0.3) is 5.79 Å². The third-order valence-corrected chi connectivity index (χ3v) is 18.0. The second kappa shape index (κ2) is 22.5. The number of carboxylic acid groups (broad SMARTS) is 1. The number of ether oxygens (including phenoxy) is 6. The molecule has 3 saturated heterocycles. The van der Waals surface area contributed by atoms with Gasteiger partial charge in [0.2, 0.25) is 5.91 Å². The van der Waals surface area contributed by atoms with Gasteiger partial charge in [-0.05, 0) is 97.7 Å². The van der Waals surface area contributed by atoms with Crippen LogP contribution in [-0.4, -0.2) is 192 Å². The second-order valence-corrected chi connectivity index (χ2v) is 22.8. The molecule has 3 aliphatic heterocycles. The van der Waals surface area contributed by atoms with Crippen molar-refractivity contribution in [1.82, 2.24) is 5.32 Å². The minimum atomic E-state index is -2.83. The van der Waals surface area contributed by atoms with E-state index in [1.54, 1.807) is 0 Å². The zero-order valence-corrected chi connectivity index (χ0v) is 41.6. The van der Waals surface area contributed by atoms with Crippen LogP contribution in [0.25, 0.3) is 0 Å². The molecule has 0 spiro atoms. The van der Waals surface area contributed by atoms with Gasteiger partial charge in [-0.25, -0.2) is 4.79 Å². The number of carboxylic acids is 1. The van der Waals surface area contributed by atoms with E-state index in [4.69, 9.17) is 28.4 Å². The van der Waals surface area contributed by atoms with Gasteiger partial charge in [-0.1, -0.05) is 65.5 Å². The van der Waals surface area contributed by atoms with Crippen molar-refractivity contribution >= 4 is 11.9 Å². The molecular weight excluding hydrogens is 919 g/mol. The van der Waals surface area contributed by atoms with Gasteiger partial charge >= 0.3 is 5.97 Å². The van der Waals surface area contributed by atoms with E-state index in [0.717, 1.165) is 37.5 Å². The third-order valence-electron chi connectivity index (χ3n) is 18.0. The van der Waals surface area contributed by atoms with Crippen molar-refractivity contribution in [3.05, 3.63) is 11.6 Å². The molecule has 0 aromatic rings. The molecule has 3 heterocycles. The first kappa shape index (κ1) is 55.8. The summed E-state index contributed by atoms with van der Waals surface area (Å²) in [5.74, 6) is -1.22. The monoisotopic (exact) mass is 1000 g/mol. The fourth-order valence-corrected chi connectivity index (χ4v) is 14.1. The molecule has 1 unspecified atom stereocenters. The third kappa shape index (κ3) is 10.9. The molecule has 20 heteroatoms. The topological polar surface area (TPSA) is 324 Å². The van der Waals surface area contributed by atoms with Gasteiger partial charge in [0.05, 0.1) is 38.1 Å². The number of aliphatic hydroxyl groups is 10. The summed E-state index contributed by atoms with van der Waals surface area (Å²) in [4.78, 5) is 24.6. The van der Waals surface area contributed by atoms with Crippen molar-refractivity contribution in [2.45, 2.75) is 222 Å². The SMILES string of the molecule is CC(=O)N[C@H]1[C@H]([C@@H](O)C(O)CO)O[C@@](OC[C@H]2O[C@@H](O[C@H]3[C@H](O)[C@@H](O)[C@H](O[C@H]4CC[C@@]5(C)C(=CC[C@H]6[C@@H]7CC[C@H]([C@H](C)CCCC(C)C)[C@@]7(C)CC[C@@H]65)C4)O[C@@H]3CO)[C@H](O)[C@@H](O)[C@H]2O)(C(=O)O)C[C@@H]1O. The Hall–Kier alpha value is -1.96. The van der Waals surface area contributed by atoms with Crippen LogP contribution >= 0.6 is 0 Å². The average Bonchev–Trinajstić information content (AvgIpc) is 3.68. The van der Waals surface area contributed by atoms with Crippen molar-refractivity contribution in [3.63, 3.8) is 0 Å². The van der Waals surface area contributed by atoms with Crippen molar-refractivity contribution < 1.29 is 94.2 Å². The first-order valence-corrected chi connectivity index (χ1v) is 25.8. The Morgan fingerprint density at radius 1 is 0.843 bits per heavy atom. The highest BCUT2D eigenvalue weighted by Gasteiger charge is 2.61. The highest BCUT2D eigenvalue weighted by molar-refractivity contribution is 5.76. The van der Waals surface area contributed by atoms with E-state index in [2.05, 4.69) is 46.0 Å². The number of fused-ring (bicyclic) bond motifs is 5. The molecule has 0 bridgehead atoms. The molecule has 402 valence electrons. The van der Waals surface area contributed by atoms with E-state index in [-0.39, 0.29) is 11.5 Å². The second-order valence-electron chi connectivity index (χ2n) is 22.8. The molecule has 12 N–H and O–H groups in total. The lowest BCUT2D eigenvalue weighted by atomic mass is 9.47. The van der Waals surface area contributed by atoms with Gasteiger partial charge in [0.1, 0.15) is 67.1 Å². The van der Waals surface area contributed by atoms with E-state index >= 15 is 0 Å². The summed E-state index contributed by atoms with van der Waals surface area (Å²) in [6, 6.07) is -1.48. The molecule has 24 atom stereocenters. The average molecular weight is 1000 g/mol. The number of amides is 1. The van der Waals surface area contributed by atoms with Crippen molar-refractivity contribution in [2.75, 3.05) is 19.8 Å². The number of carbonyl (C=O) groups is 2. The molecule has 7 rings (SSSR count). The summed E-state index contributed by atoms with van der Waals surface area (Å²) in [5.41, 5.74) is 1.74. The fraction of sp³-hybridized carbons (Fsp3) is 0.920. The number of nitrogens with one attached hydrogen (secondary N) is 1.